The molecule has 2 unspecified atom stereocenters. The Kier molecular flexibility index (Phi) is 4.52. The molecule has 3 nitrogen and oxygen atoms in total. The number of allylic oxidation sites excluding steroid dienone is 1. The predicted octanol–water partition coefficient (Wildman–Crippen LogP) is 5.76. The molecule has 27 heavy (non-hydrogen) atoms. The first-order valence-electron chi connectivity index (χ1n) is 10.1. The first-order valence-corrected chi connectivity index (χ1v) is 11.1. The minimum Gasteiger partial charge on any atom is -0.309 e. The van der Waals surface area contributed by atoms with Gasteiger partial charge in [-0.05, 0) is 48.3 Å². The maximum Gasteiger partial charge on any atom is 0.166 e. The molecule has 1 fully saturated rings. The van der Waals surface area contributed by atoms with E-state index in [1.54, 1.807) is 0 Å². The zero-order valence-electron chi connectivity index (χ0n) is 15.7. The highest BCUT2D eigenvalue weighted by molar-refractivity contribution is 8.14. The summed E-state index contributed by atoms with van der Waals surface area (Å²) in [5.41, 5.74) is 2.78. The van der Waals surface area contributed by atoms with Gasteiger partial charge in [-0.3, -0.25) is 4.99 Å². The van der Waals surface area contributed by atoms with E-state index in [0.29, 0.717) is 0 Å². The molecule has 2 aromatic carbocycles. The van der Waals surface area contributed by atoms with Crippen LogP contribution in [0.2, 0.25) is 0 Å². The second-order valence-corrected chi connectivity index (χ2v) is 8.63. The Balaban J connectivity index is 1.59. The lowest BCUT2D eigenvalue weighted by atomic mass is 9.98. The molecule has 0 amide bonds. The van der Waals surface area contributed by atoms with Gasteiger partial charge in [-0.1, -0.05) is 61.5 Å². The number of hydrogen-bond acceptors (Lipinski definition) is 4. The van der Waals surface area contributed by atoms with E-state index >= 15 is 0 Å². The molecule has 4 heteroatoms. The van der Waals surface area contributed by atoms with Gasteiger partial charge in [0.15, 0.2) is 11.3 Å². The largest absolute Gasteiger partial charge is 0.309 e. The highest BCUT2D eigenvalue weighted by Gasteiger charge is 2.37. The molecule has 2 heterocycles. The molecular weight excluding hydrogens is 350 g/mol. The van der Waals surface area contributed by atoms with Crippen molar-refractivity contribution >= 4 is 39.6 Å². The quantitative estimate of drug-likeness (QED) is 0.621. The summed E-state index contributed by atoms with van der Waals surface area (Å²) in [6.45, 7) is 2.24. The zero-order valence-corrected chi connectivity index (χ0v) is 16.5. The van der Waals surface area contributed by atoms with E-state index < -0.39 is 0 Å². The molecule has 0 bridgehead atoms. The average Bonchev–Trinajstić information content (AvgIpc) is 3.48. The third-order valence-electron chi connectivity index (χ3n) is 5.63. The minimum atomic E-state index is -0.0130. The third kappa shape index (κ3) is 3.10. The molecular formula is C23H25N3S. The van der Waals surface area contributed by atoms with Crippen LogP contribution in [-0.4, -0.2) is 29.3 Å². The highest BCUT2D eigenvalue weighted by Crippen LogP contribution is 2.46. The fraction of sp³-hybridized carbons (Fsp3) is 0.391. The van der Waals surface area contributed by atoms with E-state index in [9.17, 15) is 0 Å². The van der Waals surface area contributed by atoms with Gasteiger partial charge in [0.2, 0.25) is 0 Å². The van der Waals surface area contributed by atoms with Crippen LogP contribution in [0.4, 0.5) is 5.69 Å². The molecule has 3 aliphatic rings. The van der Waals surface area contributed by atoms with Crippen molar-refractivity contribution in [2.24, 2.45) is 9.98 Å². The van der Waals surface area contributed by atoms with Crippen LogP contribution in [0.25, 0.3) is 10.8 Å². The van der Waals surface area contributed by atoms with E-state index in [2.05, 4.69) is 65.4 Å². The lowest BCUT2D eigenvalue weighted by molar-refractivity contribution is 0.662. The van der Waals surface area contributed by atoms with E-state index in [1.165, 1.54) is 47.7 Å². The van der Waals surface area contributed by atoms with Gasteiger partial charge in [0.25, 0.3) is 0 Å². The summed E-state index contributed by atoms with van der Waals surface area (Å²) >= 11 is 1.88. The molecule has 138 valence electrons. The number of nitrogens with zero attached hydrogens (tertiary/aromatic N) is 3. The molecule has 1 aliphatic carbocycles. The van der Waals surface area contributed by atoms with Crippen molar-refractivity contribution in [3.05, 3.63) is 54.1 Å². The summed E-state index contributed by atoms with van der Waals surface area (Å²) in [5, 5.41) is 3.86. The Bertz CT molecular complexity index is 942. The van der Waals surface area contributed by atoms with Crippen LogP contribution in [0.5, 0.6) is 0 Å². The second-order valence-electron chi connectivity index (χ2n) is 7.56. The van der Waals surface area contributed by atoms with Crippen molar-refractivity contribution in [1.82, 2.24) is 0 Å². The number of amidine groups is 1. The number of hydrogen-bond donors (Lipinski definition) is 0. The van der Waals surface area contributed by atoms with Gasteiger partial charge < -0.3 is 4.90 Å². The maximum atomic E-state index is 4.97. The van der Waals surface area contributed by atoms with Gasteiger partial charge in [0, 0.05) is 17.4 Å². The van der Waals surface area contributed by atoms with Gasteiger partial charge >= 0.3 is 0 Å². The summed E-state index contributed by atoms with van der Waals surface area (Å²) in [6.07, 6.45) is 11.3. The predicted molar refractivity (Wildman–Crippen MR) is 118 cm³/mol. The SMILES string of the molecule is CCCCSC1=NC2N=CC=CC2N1c1ccc(C2CC2)c2ccccc12. The summed E-state index contributed by atoms with van der Waals surface area (Å²) in [6, 6.07) is 13.7. The van der Waals surface area contributed by atoms with E-state index in [0.717, 1.165) is 16.8 Å². The molecule has 0 radical (unpaired) electrons. The standard InChI is InChI=1S/C23H25N3S/c1-2-3-15-27-23-25-22-21(9-6-14-24-22)26(23)20-13-12-17(16-10-11-16)18-7-4-5-8-19(18)20/h4-9,12-14,16,21-22H,2-3,10-11,15H2,1H3. The van der Waals surface area contributed by atoms with Crippen molar-refractivity contribution in [1.29, 1.82) is 0 Å². The fourth-order valence-corrected chi connectivity index (χ4v) is 5.22. The maximum absolute atomic E-state index is 4.97. The fourth-order valence-electron chi connectivity index (χ4n) is 4.07. The molecule has 0 aromatic heterocycles. The van der Waals surface area contributed by atoms with Crippen LogP contribution in [0, 0.1) is 0 Å². The first-order chi connectivity index (χ1) is 13.4. The van der Waals surface area contributed by atoms with Crippen molar-refractivity contribution in [2.45, 2.75) is 50.7 Å². The second kappa shape index (κ2) is 7.16. The lowest BCUT2D eigenvalue weighted by Crippen LogP contribution is -2.38. The Morgan fingerprint density at radius 3 is 2.78 bits per heavy atom. The molecule has 5 rings (SSSR count). The van der Waals surface area contributed by atoms with Crippen LogP contribution in [0.3, 0.4) is 0 Å². The minimum absolute atomic E-state index is 0.0130. The Hall–Kier alpha value is -2.07. The van der Waals surface area contributed by atoms with E-state index in [-0.39, 0.29) is 12.2 Å². The summed E-state index contributed by atoms with van der Waals surface area (Å²) in [4.78, 5) is 12.0. The summed E-state index contributed by atoms with van der Waals surface area (Å²) in [7, 11) is 0. The van der Waals surface area contributed by atoms with Crippen molar-refractivity contribution in [3.8, 4) is 0 Å². The van der Waals surface area contributed by atoms with Crippen LogP contribution in [0.1, 0.15) is 44.1 Å². The van der Waals surface area contributed by atoms with Gasteiger partial charge in [0.05, 0.1) is 11.7 Å². The lowest BCUT2D eigenvalue weighted by Gasteiger charge is -2.29. The molecule has 0 saturated heterocycles. The number of benzene rings is 2. The monoisotopic (exact) mass is 375 g/mol. The molecule has 0 spiro atoms. The average molecular weight is 376 g/mol. The van der Waals surface area contributed by atoms with Crippen LogP contribution < -0.4 is 4.90 Å². The number of unbranched alkanes of at least 4 members (excludes halogenated alkanes) is 1. The Morgan fingerprint density at radius 1 is 1.11 bits per heavy atom. The number of dihydropyridines is 1. The molecule has 1 saturated carbocycles. The number of anilines is 1. The molecule has 0 N–H and O–H groups in total. The van der Waals surface area contributed by atoms with Crippen LogP contribution in [-0.2, 0) is 0 Å². The van der Waals surface area contributed by atoms with Crippen molar-refractivity contribution < 1.29 is 0 Å². The first kappa shape index (κ1) is 17.1. The topological polar surface area (TPSA) is 28.0 Å². The van der Waals surface area contributed by atoms with Crippen LogP contribution in [0.15, 0.2) is 58.5 Å². The van der Waals surface area contributed by atoms with Gasteiger partial charge in [0.1, 0.15) is 0 Å². The van der Waals surface area contributed by atoms with E-state index in [1.807, 2.05) is 18.0 Å². The number of thioether (sulfide) groups is 1. The van der Waals surface area contributed by atoms with E-state index in [4.69, 9.17) is 4.99 Å². The van der Waals surface area contributed by atoms with Crippen LogP contribution >= 0.6 is 11.8 Å². The number of aliphatic imine (C=N–C) groups is 2. The highest BCUT2D eigenvalue weighted by atomic mass is 32.2. The number of fused-ring (bicyclic) bond motifs is 2. The normalized spacial score (nSPS) is 23.7. The Labute approximate surface area is 165 Å². The molecule has 2 aromatic rings. The Morgan fingerprint density at radius 2 is 1.96 bits per heavy atom. The van der Waals surface area contributed by atoms with Crippen molar-refractivity contribution in [2.75, 3.05) is 10.7 Å². The summed E-state index contributed by atoms with van der Waals surface area (Å²) < 4.78 is 0. The zero-order chi connectivity index (χ0) is 18.2. The summed E-state index contributed by atoms with van der Waals surface area (Å²) in [5.74, 6) is 1.86. The van der Waals surface area contributed by atoms with Gasteiger partial charge in [-0.2, -0.15) is 0 Å². The van der Waals surface area contributed by atoms with Gasteiger partial charge in [-0.15, -0.1) is 0 Å². The molecule has 2 atom stereocenters. The van der Waals surface area contributed by atoms with Crippen molar-refractivity contribution in [3.63, 3.8) is 0 Å². The third-order valence-corrected chi connectivity index (χ3v) is 6.68. The molecule has 2 aliphatic heterocycles. The van der Waals surface area contributed by atoms with Gasteiger partial charge in [-0.25, -0.2) is 4.99 Å². The smallest absolute Gasteiger partial charge is 0.166 e. The number of rotatable bonds is 5.